The molecule has 8 nitrogen and oxygen atoms in total. The van der Waals surface area contributed by atoms with Gasteiger partial charge in [-0.25, -0.2) is 8.42 Å². The van der Waals surface area contributed by atoms with Crippen LogP contribution in [0.1, 0.15) is 20.8 Å². The van der Waals surface area contributed by atoms with Crippen molar-refractivity contribution < 1.29 is 22.9 Å². The second-order valence-corrected chi connectivity index (χ2v) is 6.56. The summed E-state index contributed by atoms with van der Waals surface area (Å²) < 4.78 is 31.6. The van der Waals surface area contributed by atoms with Crippen LogP contribution in [-0.2, 0) is 19.6 Å². The Morgan fingerprint density at radius 1 is 1.32 bits per heavy atom. The number of carbonyl (C=O) groups is 1. The van der Waals surface area contributed by atoms with Gasteiger partial charge in [-0.3, -0.25) is 14.9 Å². The molecule has 22 heavy (non-hydrogen) atoms. The van der Waals surface area contributed by atoms with Crippen molar-refractivity contribution in [1.29, 1.82) is 0 Å². The van der Waals surface area contributed by atoms with Crippen molar-refractivity contribution in [3.05, 3.63) is 34.4 Å². The van der Waals surface area contributed by atoms with Crippen molar-refractivity contribution >= 4 is 21.7 Å². The molecule has 0 aromatic heterocycles. The molecule has 1 rings (SSSR count). The van der Waals surface area contributed by atoms with Crippen molar-refractivity contribution in [2.24, 2.45) is 5.92 Å². The van der Waals surface area contributed by atoms with Gasteiger partial charge in [-0.2, -0.15) is 4.72 Å². The number of esters is 1. The van der Waals surface area contributed by atoms with Gasteiger partial charge < -0.3 is 4.74 Å². The Bertz CT molecular complexity index is 639. The van der Waals surface area contributed by atoms with Gasteiger partial charge in [-0.1, -0.05) is 13.8 Å². The van der Waals surface area contributed by atoms with Crippen molar-refractivity contribution in [2.75, 3.05) is 6.61 Å². The van der Waals surface area contributed by atoms with Gasteiger partial charge in [0.05, 0.1) is 16.4 Å². The third kappa shape index (κ3) is 4.50. The number of nitro groups is 1. The minimum Gasteiger partial charge on any atom is -0.465 e. The molecular formula is C13H18N2O6S. The lowest BCUT2D eigenvalue weighted by Gasteiger charge is -2.20. The van der Waals surface area contributed by atoms with E-state index in [1.165, 1.54) is 0 Å². The highest BCUT2D eigenvalue weighted by Crippen LogP contribution is 2.17. The van der Waals surface area contributed by atoms with Crippen molar-refractivity contribution in [3.63, 3.8) is 0 Å². The van der Waals surface area contributed by atoms with Crippen LogP contribution in [0.4, 0.5) is 5.69 Å². The zero-order valence-electron chi connectivity index (χ0n) is 12.5. The molecule has 0 aliphatic heterocycles. The van der Waals surface area contributed by atoms with Gasteiger partial charge in [0.15, 0.2) is 0 Å². The summed E-state index contributed by atoms with van der Waals surface area (Å²) in [6, 6.07) is 3.37. The molecule has 0 aliphatic carbocycles. The normalized spacial score (nSPS) is 12.9. The summed E-state index contributed by atoms with van der Waals surface area (Å²) in [5, 5.41) is 10.6. The van der Waals surface area contributed by atoms with Crippen LogP contribution < -0.4 is 4.72 Å². The van der Waals surface area contributed by atoms with Crippen LogP contribution in [0.15, 0.2) is 29.2 Å². The summed E-state index contributed by atoms with van der Waals surface area (Å²) in [4.78, 5) is 21.6. The number of hydrogen-bond acceptors (Lipinski definition) is 6. The molecular weight excluding hydrogens is 312 g/mol. The summed E-state index contributed by atoms with van der Waals surface area (Å²) in [6.45, 7) is 5.13. The van der Waals surface area contributed by atoms with Gasteiger partial charge in [0.25, 0.3) is 5.69 Å². The fourth-order valence-electron chi connectivity index (χ4n) is 1.67. The topological polar surface area (TPSA) is 116 Å². The number of nitrogens with zero attached hydrogens (tertiary/aromatic N) is 1. The van der Waals surface area contributed by atoms with Gasteiger partial charge in [0.1, 0.15) is 6.04 Å². The number of carbonyl (C=O) groups excluding carboxylic acids is 1. The SMILES string of the molecule is CCOC(=O)C(NS(=O)(=O)c1ccc([N+](=O)[O-])cc1)C(C)C. The molecule has 0 amide bonds. The number of sulfonamides is 1. The molecule has 0 aliphatic rings. The highest BCUT2D eigenvalue weighted by atomic mass is 32.2. The average molecular weight is 330 g/mol. The number of hydrogen-bond donors (Lipinski definition) is 1. The molecule has 0 saturated heterocycles. The lowest BCUT2D eigenvalue weighted by Crippen LogP contribution is -2.45. The first-order valence-electron chi connectivity index (χ1n) is 6.62. The number of non-ortho nitro benzene ring substituents is 1. The summed E-state index contributed by atoms with van der Waals surface area (Å²) in [6.07, 6.45) is 0. The average Bonchev–Trinajstić information content (AvgIpc) is 2.44. The molecule has 1 N–H and O–H groups in total. The number of benzene rings is 1. The highest BCUT2D eigenvalue weighted by Gasteiger charge is 2.29. The van der Waals surface area contributed by atoms with Crippen LogP contribution in [0.25, 0.3) is 0 Å². The van der Waals surface area contributed by atoms with Gasteiger partial charge in [-0.15, -0.1) is 0 Å². The molecule has 0 saturated carbocycles. The van der Waals surface area contributed by atoms with E-state index in [2.05, 4.69) is 4.72 Å². The highest BCUT2D eigenvalue weighted by molar-refractivity contribution is 7.89. The molecule has 0 radical (unpaired) electrons. The molecule has 1 aromatic carbocycles. The maximum Gasteiger partial charge on any atom is 0.324 e. The van der Waals surface area contributed by atoms with E-state index in [0.29, 0.717) is 0 Å². The Hall–Kier alpha value is -2.00. The first-order chi connectivity index (χ1) is 10.2. The molecule has 9 heteroatoms. The lowest BCUT2D eigenvalue weighted by molar-refractivity contribution is -0.384. The molecule has 1 aromatic rings. The van der Waals surface area contributed by atoms with E-state index in [1.807, 2.05) is 0 Å². The van der Waals surface area contributed by atoms with Crippen LogP contribution in [-0.4, -0.2) is 32.0 Å². The van der Waals surface area contributed by atoms with E-state index < -0.39 is 27.0 Å². The van der Waals surface area contributed by atoms with Crippen LogP contribution in [0.3, 0.4) is 0 Å². The third-order valence-electron chi connectivity index (χ3n) is 2.85. The lowest BCUT2D eigenvalue weighted by atomic mass is 10.1. The largest absolute Gasteiger partial charge is 0.465 e. The minimum absolute atomic E-state index is 0.140. The number of nitrogens with one attached hydrogen (secondary N) is 1. The zero-order chi connectivity index (χ0) is 16.9. The predicted molar refractivity (Wildman–Crippen MR) is 78.7 cm³/mol. The van der Waals surface area contributed by atoms with Crippen molar-refractivity contribution in [1.82, 2.24) is 4.72 Å². The second kappa shape index (κ2) is 7.32. The molecule has 0 bridgehead atoms. The Kier molecular flexibility index (Phi) is 6.01. The van der Waals surface area contributed by atoms with Crippen LogP contribution in [0.2, 0.25) is 0 Å². The molecule has 1 unspecified atom stereocenters. The van der Waals surface area contributed by atoms with Gasteiger partial charge in [-0.05, 0) is 25.0 Å². The van der Waals surface area contributed by atoms with Gasteiger partial charge in [0.2, 0.25) is 10.0 Å². The molecule has 0 spiro atoms. The zero-order valence-corrected chi connectivity index (χ0v) is 13.3. The summed E-state index contributed by atoms with van der Waals surface area (Å²) in [7, 11) is -3.98. The third-order valence-corrected chi connectivity index (χ3v) is 4.30. The summed E-state index contributed by atoms with van der Waals surface area (Å²) >= 11 is 0. The first kappa shape index (κ1) is 18.1. The van der Waals surface area contributed by atoms with Crippen molar-refractivity contribution in [2.45, 2.75) is 31.7 Å². The maximum absolute atomic E-state index is 12.2. The minimum atomic E-state index is -3.98. The summed E-state index contributed by atoms with van der Waals surface area (Å²) in [5.41, 5.74) is -0.218. The van der Waals surface area contributed by atoms with Crippen molar-refractivity contribution in [3.8, 4) is 0 Å². The van der Waals surface area contributed by atoms with E-state index in [9.17, 15) is 23.3 Å². The van der Waals surface area contributed by atoms with Gasteiger partial charge >= 0.3 is 5.97 Å². The second-order valence-electron chi connectivity index (χ2n) is 4.85. The van der Waals surface area contributed by atoms with E-state index in [0.717, 1.165) is 24.3 Å². The Labute approximate surface area is 128 Å². The maximum atomic E-state index is 12.2. The number of rotatable bonds is 7. The van der Waals surface area contributed by atoms with Crippen LogP contribution in [0.5, 0.6) is 0 Å². The van der Waals surface area contributed by atoms with E-state index >= 15 is 0 Å². The Balaban J connectivity index is 3.01. The van der Waals surface area contributed by atoms with Crippen LogP contribution >= 0.6 is 0 Å². The fraction of sp³-hybridized carbons (Fsp3) is 0.462. The number of ether oxygens (including phenoxy) is 1. The van der Waals surface area contributed by atoms with E-state index in [4.69, 9.17) is 4.74 Å². The first-order valence-corrected chi connectivity index (χ1v) is 8.10. The monoisotopic (exact) mass is 330 g/mol. The molecule has 1 atom stereocenters. The standard InChI is InChI=1S/C13H18N2O6S/c1-4-21-13(16)12(9(2)3)14-22(19,20)11-7-5-10(6-8-11)15(17)18/h5-9,12,14H,4H2,1-3H3. The smallest absolute Gasteiger partial charge is 0.324 e. The quantitative estimate of drug-likeness (QED) is 0.460. The van der Waals surface area contributed by atoms with Gasteiger partial charge in [0, 0.05) is 12.1 Å². The Morgan fingerprint density at radius 3 is 2.27 bits per heavy atom. The predicted octanol–water partition coefficient (Wildman–Crippen LogP) is 1.46. The van der Waals surface area contributed by atoms with E-state index in [1.54, 1.807) is 20.8 Å². The molecule has 0 fully saturated rings. The summed E-state index contributed by atoms with van der Waals surface area (Å²) in [5.74, 6) is -0.977. The van der Waals surface area contributed by atoms with Crippen LogP contribution in [0, 0.1) is 16.0 Å². The fourth-order valence-corrected chi connectivity index (χ4v) is 3.00. The Morgan fingerprint density at radius 2 is 1.86 bits per heavy atom. The molecule has 122 valence electrons. The van der Waals surface area contributed by atoms with E-state index in [-0.39, 0.29) is 23.1 Å². The molecule has 0 heterocycles. The number of nitro benzene ring substituents is 1.